The maximum atomic E-state index is 11.0. The van der Waals surface area contributed by atoms with E-state index in [1.54, 1.807) is 24.3 Å². The number of rotatable bonds is 8. The van der Waals surface area contributed by atoms with Crippen LogP contribution in [0.3, 0.4) is 0 Å². The first-order valence-electron chi connectivity index (χ1n) is 10.0. The topological polar surface area (TPSA) is 79.5 Å². The second kappa shape index (κ2) is 10.7. The molecule has 0 unspecified atom stereocenters. The van der Waals surface area contributed by atoms with E-state index in [2.05, 4.69) is 22.0 Å². The third-order valence-corrected chi connectivity index (χ3v) is 5.30. The van der Waals surface area contributed by atoms with Crippen LogP contribution in [0.25, 0.3) is 11.6 Å². The van der Waals surface area contributed by atoms with Crippen LogP contribution in [0.15, 0.2) is 65.1 Å². The summed E-state index contributed by atoms with van der Waals surface area (Å²) < 4.78 is 12.5. The second-order valence-corrected chi connectivity index (χ2v) is 7.94. The molecule has 3 aromatic carbocycles. The summed E-state index contributed by atoms with van der Waals surface area (Å²) in [5, 5.41) is 18.7. The SMILES string of the molecule is CCOc1cc(/C=C(/C#N)c2ccc(C)cc2)cc(Br)c1OCc1ccc(C(=O)O)cc1. The number of nitriles is 1. The van der Waals surface area contributed by atoms with Crippen LogP contribution in [-0.2, 0) is 6.61 Å². The zero-order chi connectivity index (χ0) is 23.1. The molecule has 5 nitrogen and oxygen atoms in total. The molecule has 0 aliphatic heterocycles. The fraction of sp³-hybridized carbons (Fsp3) is 0.154. The summed E-state index contributed by atoms with van der Waals surface area (Å²) in [6.45, 7) is 4.59. The van der Waals surface area contributed by atoms with Crippen LogP contribution in [-0.4, -0.2) is 17.7 Å². The zero-order valence-electron chi connectivity index (χ0n) is 17.8. The molecule has 0 heterocycles. The van der Waals surface area contributed by atoms with Crippen molar-refractivity contribution in [3.05, 3.63) is 93.0 Å². The van der Waals surface area contributed by atoms with E-state index in [0.29, 0.717) is 28.2 Å². The summed E-state index contributed by atoms with van der Waals surface area (Å²) in [5.41, 5.74) is 4.38. The van der Waals surface area contributed by atoms with Crippen LogP contribution in [0.2, 0.25) is 0 Å². The summed E-state index contributed by atoms with van der Waals surface area (Å²) in [7, 11) is 0. The number of carboxylic acids is 1. The molecule has 0 saturated heterocycles. The van der Waals surface area contributed by atoms with Gasteiger partial charge in [0.2, 0.25) is 0 Å². The number of halogens is 1. The zero-order valence-corrected chi connectivity index (χ0v) is 19.3. The van der Waals surface area contributed by atoms with E-state index >= 15 is 0 Å². The molecule has 0 radical (unpaired) electrons. The minimum atomic E-state index is -0.968. The molecular weight excluding hydrogens is 470 g/mol. The number of hydrogen-bond donors (Lipinski definition) is 1. The van der Waals surface area contributed by atoms with Gasteiger partial charge in [-0.05, 0) is 76.8 Å². The van der Waals surface area contributed by atoms with Gasteiger partial charge in [-0.25, -0.2) is 4.79 Å². The van der Waals surface area contributed by atoms with E-state index in [0.717, 1.165) is 22.3 Å². The molecule has 0 amide bonds. The molecule has 3 aromatic rings. The first kappa shape index (κ1) is 23.1. The normalized spacial score (nSPS) is 11.0. The molecule has 0 bridgehead atoms. The molecule has 0 aliphatic carbocycles. The average Bonchev–Trinajstić information content (AvgIpc) is 2.78. The smallest absolute Gasteiger partial charge is 0.335 e. The van der Waals surface area contributed by atoms with E-state index in [1.165, 1.54) is 0 Å². The van der Waals surface area contributed by atoms with E-state index < -0.39 is 5.97 Å². The van der Waals surface area contributed by atoms with Gasteiger partial charge in [0.05, 0.1) is 28.3 Å². The van der Waals surface area contributed by atoms with Crippen LogP contribution >= 0.6 is 15.9 Å². The number of carboxylic acid groups (broad SMARTS) is 1. The molecule has 0 atom stereocenters. The Morgan fingerprint density at radius 3 is 2.31 bits per heavy atom. The maximum Gasteiger partial charge on any atom is 0.335 e. The van der Waals surface area contributed by atoms with Crippen LogP contribution < -0.4 is 9.47 Å². The van der Waals surface area contributed by atoms with Crippen LogP contribution in [0.1, 0.15) is 39.5 Å². The summed E-state index contributed by atoms with van der Waals surface area (Å²) in [5.74, 6) is 0.126. The number of ether oxygens (including phenoxy) is 2. The van der Waals surface area contributed by atoms with Gasteiger partial charge in [0.25, 0.3) is 0 Å². The number of aryl methyl sites for hydroxylation is 1. The highest BCUT2D eigenvalue weighted by Gasteiger charge is 2.13. The number of aromatic carboxylic acids is 1. The lowest BCUT2D eigenvalue weighted by Crippen LogP contribution is -2.02. The molecule has 162 valence electrons. The Morgan fingerprint density at radius 2 is 1.72 bits per heavy atom. The van der Waals surface area contributed by atoms with Gasteiger partial charge in [-0.3, -0.25) is 0 Å². The van der Waals surface area contributed by atoms with Gasteiger partial charge in [-0.2, -0.15) is 5.26 Å². The van der Waals surface area contributed by atoms with Gasteiger partial charge >= 0.3 is 5.97 Å². The van der Waals surface area contributed by atoms with Crippen molar-refractivity contribution < 1.29 is 19.4 Å². The fourth-order valence-corrected chi connectivity index (χ4v) is 3.63. The number of allylic oxidation sites excluding steroid dienone is 1. The molecule has 0 spiro atoms. The van der Waals surface area contributed by atoms with E-state index in [4.69, 9.17) is 14.6 Å². The second-order valence-electron chi connectivity index (χ2n) is 7.09. The van der Waals surface area contributed by atoms with Gasteiger partial charge in [-0.1, -0.05) is 42.0 Å². The molecule has 0 fully saturated rings. The monoisotopic (exact) mass is 491 g/mol. The lowest BCUT2D eigenvalue weighted by Gasteiger charge is -2.15. The minimum Gasteiger partial charge on any atom is -0.490 e. The Bertz CT molecular complexity index is 1180. The van der Waals surface area contributed by atoms with Crippen molar-refractivity contribution >= 4 is 33.5 Å². The Hall–Kier alpha value is -3.56. The summed E-state index contributed by atoms with van der Waals surface area (Å²) in [4.78, 5) is 11.0. The van der Waals surface area contributed by atoms with Crippen molar-refractivity contribution in [1.29, 1.82) is 5.26 Å². The molecule has 0 aliphatic rings. The standard InChI is InChI=1S/C26H22BrNO4/c1-3-31-24-14-19(12-22(15-28)20-8-4-17(2)5-9-20)13-23(27)25(24)32-16-18-6-10-21(11-7-18)26(29)30/h4-14H,3,16H2,1-2H3,(H,29,30)/b22-12-. The molecule has 1 N–H and O–H groups in total. The fourth-order valence-electron chi connectivity index (χ4n) is 3.05. The molecule has 6 heteroatoms. The van der Waals surface area contributed by atoms with Crippen molar-refractivity contribution in [3.8, 4) is 17.6 Å². The highest BCUT2D eigenvalue weighted by molar-refractivity contribution is 9.10. The summed E-state index contributed by atoms with van der Waals surface area (Å²) >= 11 is 3.55. The lowest BCUT2D eigenvalue weighted by atomic mass is 10.0. The molecule has 0 saturated carbocycles. The van der Waals surface area contributed by atoms with Gasteiger partial charge in [0.15, 0.2) is 11.5 Å². The molecule has 0 aromatic heterocycles. The largest absolute Gasteiger partial charge is 0.490 e. The molecule has 32 heavy (non-hydrogen) atoms. The number of nitrogens with zero attached hydrogens (tertiary/aromatic N) is 1. The van der Waals surface area contributed by atoms with Crippen molar-refractivity contribution in [2.24, 2.45) is 0 Å². The minimum absolute atomic E-state index is 0.225. The van der Waals surface area contributed by atoms with E-state index in [1.807, 2.05) is 56.3 Å². The Morgan fingerprint density at radius 1 is 1.06 bits per heavy atom. The predicted octanol–water partition coefficient (Wildman–Crippen LogP) is 6.50. The van der Waals surface area contributed by atoms with E-state index in [9.17, 15) is 10.1 Å². The number of hydrogen-bond acceptors (Lipinski definition) is 4. The summed E-state index contributed by atoms with van der Waals surface area (Å²) in [6, 6.07) is 20.3. The molecule has 3 rings (SSSR count). The molecular formula is C26H22BrNO4. The van der Waals surface area contributed by atoms with Gasteiger partial charge in [0.1, 0.15) is 6.61 Å². The maximum absolute atomic E-state index is 11.0. The number of benzene rings is 3. The average molecular weight is 492 g/mol. The van der Waals surface area contributed by atoms with Gasteiger partial charge in [-0.15, -0.1) is 0 Å². The van der Waals surface area contributed by atoms with Gasteiger partial charge in [0, 0.05) is 0 Å². The quantitative estimate of drug-likeness (QED) is 0.287. The van der Waals surface area contributed by atoms with Gasteiger partial charge < -0.3 is 14.6 Å². The Labute approximate surface area is 195 Å². The van der Waals surface area contributed by atoms with Crippen molar-refractivity contribution in [3.63, 3.8) is 0 Å². The van der Waals surface area contributed by atoms with Crippen LogP contribution in [0.4, 0.5) is 0 Å². The third-order valence-electron chi connectivity index (χ3n) is 4.71. The summed E-state index contributed by atoms with van der Waals surface area (Å²) in [6.07, 6.45) is 1.81. The lowest BCUT2D eigenvalue weighted by molar-refractivity contribution is 0.0697. The van der Waals surface area contributed by atoms with Crippen molar-refractivity contribution in [2.75, 3.05) is 6.61 Å². The first-order chi connectivity index (χ1) is 15.4. The Kier molecular flexibility index (Phi) is 7.69. The highest BCUT2D eigenvalue weighted by Crippen LogP contribution is 2.38. The van der Waals surface area contributed by atoms with Crippen LogP contribution in [0, 0.1) is 18.3 Å². The third kappa shape index (κ3) is 5.77. The van der Waals surface area contributed by atoms with E-state index in [-0.39, 0.29) is 12.2 Å². The predicted molar refractivity (Wildman–Crippen MR) is 128 cm³/mol. The Balaban J connectivity index is 1.87. The van der Waals surface area contributed by atoms with Crippen LogP contribution in [0.5, 0.6) is 11.5 Å². The number of carbonyl (C=O) groups is 1. The van der Waals surface area contributed by atoms with Crippen molar-refractivity contribution in [2.45, 2.75) is 20.5 Å². The highest BCUT2D eigenvalue weighted by atomic mass is 79.9. The first-order valence-corrected chi connectivity index (χ1v) is 10.8. The van der Waals surface area contributed by atoms with Crippen molar-refractivity contribution in [1.82, 2.24) is 0 Å².